The van der Waals surface area contributed by atoms with Crippen molar-refractivity contribution in [3.05, 3.63) is 65.5 Å². The van der Waals surface area contributed by atoms with Gasteiger partial charge >= 0.3 is 0 Å². The summed E-state index contributed by atoms with van der Waals surface area (Å²) in [5.74, 6) is 0.569. The molecular weight excluding hydrogens is 371 g/mol. The summed E-state index contributed by atoms with van der Waals surface area (Å²) in [6.07, 6.45) is 1.06. The number of nitrogens with one attached hydrogen (secondary N) is 1. The third kappa shape index (κ3) is 6.84. The smallest absolute Gasteiger partial charge is 0.220 e. The Bertz CT molecular complexity index is 776. The van der Waals surface area contributed by atoms with E-state index in [9.17, 15) is 9.18 Å². The van der Waals surface area contributed by atoms with E-state index < -0.39 is 0 Å². The van der Waals surface area contributed by atoms with Crippen LogP contribution in [0.15, 0.2) is 48.5 Å². The molecule has 0 spiro atoms. The second-order valence-corrected chi connectivity index (χ2v) is 7.29. The predicted octanol–water partition coefficient (Wildman–Crippen LogP) is 3.48. The van der Waals surface area contributed by atoms with Crippen LogP contribution in [0.25, 0.3) is 0 Å². The molecule has 0 saturated carbocycles. The summed E-state index contributed by atoms with van der Waals surface area (Å²) >= 11 is 0. The Morgan fingerprint density at radius 2 is 1.97 bits per heavy atom. The predicted molar refractivity (Wildman–Crippen MR) is 110 cm³/mol. The molecule has 156 valence electrons. The zero-order chi connectivity index (χ0) is 20.5. The molecule has 5 nitrogen and oxygen atoms in total. The first kappa shape index (κ1) is 21.3. The summed E-state index contributed by atoms with van der Waals surface area (Å²) < 4.78 is 24.4. The van der Waals surface area contributed by atoms with Gasteiger partial charge < -0.3 is 14.8 Å². The molecule has 29 heavy (non-hydrogen) atoms. The summed E-state index contributed by atoms with van der Waals surface area (Å²) in [7, 11) is 0. The first-order valence-electron chi connectivity index (χ1n) is 10.2. The van der Waals surface area contributed by atoms with Crippen molar-refractivity contribution in [3.8, 4) is 5.75 Å². The molecule has 0 bridgehead atoms. The van der Waals surface area contributed by atoms with E-state index >= 15 is 0 Å². The van der Waals surface area contributed by atoms with Crippen LogP contribution >= 0.6 is 0 Å². The van der Waals surface area contributed by atoms with Gasteiger partial charge in [-0.2, -0.15) is 0 Å². The van der Waals surface area contributed by atoms with Gasteiger partial charge in [0.1, 0.15) is 11.6 Å². The molecule has 2 aromatic carbocycles. The molecule has 0 aromatic heterocycles. The van der Waals surface area contributed by atoms with Crippen LogP contribution in [-0.2, 0) is 9.53 Å². The van der Waals surface area contributed by atoms with Gasteiger partial charge in [-0.05, 0) is 48.7 Å². The summed E-state index contributed by atoms with van der Waals surface area (Å²) in [6.45, 7) is 5.94. The number of nitrogens with zero attached hydrogens (tertiary/aromatic N) is 1. The van der Waals surface area contributed by atoms with Crippen LogP contribution in [0.1, 0.15) is 30.0 Å². The fourth-order valence-corrected chi connectivity index (χ4v) is 3.46. The highest BCUT2D eigenvalue weighted by molar-refractivity contribution is 5.75. The lowest BCUT2D eigenvalue weighted by atomic mass is 10.0. The molecule has 0 aliphatic carbocycles. The Labute approximate surface area is 171 Å². The quantitative estimate of drug-likeness (QED) is 0.655. The second-order valence-electron chi connectivity index (χ2n) is 7.29. The van der Waals surface area contributed by atoms with Crippen LogP contribution in [0.3, 0.4) is 0 Å². The van der Waals surface area contributed by atoms with Crippen LogP contribution in [0.2, 0.25) is 0 Å². The lowest BCUT2D eigenvalue weighted by Crippen LogP contribution is -2.43. The maximum absolute atomic E-state index is 13.3. The van der Waals surface area contributed by atoms with Crippen LogP contribution in [0.4, 0.5) is 4.39 Å². The molecule has 1 saturated heterocycles. The number of rotatable bonds is 9. The monoisotopic (exact) mass is 400 g/mol. The van der Waals surface area contributed by atoms with Crippen LogP contribution in [0, 0.1) is 12.7 Å². The van der Waals surface area contributed by atoms with E-state index in [0.717, 1.165) is 30.0 Å². The lowest BCUT2D eigenvalue weighted by Gasteiger charge is -2.35. The van der Waals surface area contributed by atoms with Crippen LogP contribution in [0.5, 0.6) is 5.75 Å². The number of hydrogen-bond acceptors (Lipinski definition) is 4. The van der Waals surface area contributed by atoms with E-state index in [1.807, 2.05) is 31.2 Å². The van der Waals surface area contributed by atoms with E-state index in [-0.39, 0.29) is 17.8 Å². The minimum atomic E-state index is -0.257. The Morgan fingerprint density at radius 1 is 1.21 bits per heavy atom. The molecule has 2 aromatic rings. The minimum Gasteiger partial charge on any atom is -0.494 e. The minimum absolute atomic E-state index is 0.00165. The van der Waals surface area contributed by atoms with Crippen molar-refractivity contribution in [2.75, 3.05) is 39.5 Å². The van der Waals surface area contributed by atoms with Crippen LogP contribution in [-0.4, -0.2) is 50.3 Å². The largest absolute Gasteiger partial charge is 0.494 e. The average Bonchev–Trinajstić information content (AvgIpc) is 2.73. The normalized spacial score (nSPS) is 15.7. The van der Waals surface area contributed by atoms with E-state index in [1.165, 1.54) is 12.1 Å². The van der Waals surface area contributed by atoms with E-state index in [4.69, 9.17) is 9.47 Å². The molecule has 1 atom stereocenters. The number of amides is 1. The van der Waals surface area contributed by atoms with Gasteiger partial charge in [-0.3, -0.25) is 9.69 Å². The zero-order valence-corrected chi connectivity index (χ0v) is 16.9. The zero-order valence-electron chi connectivity index (χ0n) is 16.9. The summed E-state index contributed by atoms with van der Waals surface area (Å²) in [6, 6.07) is 14.4. The molecule has 1 heterocycles. The molecule has 1 N–H and O–H groups in total. The molecule has 0 radical (unpaired) electrons. The summed E-state index contributed by atoms with van der Waals surface area (Å²) in [4.78, 5) is 14.6. The van der Waals surface area contributed by atoms with Crippen molar-refractivity contribution >= 4 is 5.91 Å². The van der Waals surface area contributed by atoms with Gasteiger partial charge in [0.15, 0.2) is 0 Å². The van der Waals surface area contributed by atoms with E-state index in [0.29, 0.717) is 39.2 Å². The number of ether oxygens (including phenoxy) is 2. The van der Waals surface area contributed by atoms with Crippen molar-refractivity contribution in [2.24, 2.45) is 0 Å². The number of halogens is 1. The first-order valence-corrected chi connectivity index (χ1v) is 10.2. The van der Waals surface area contributed by atoms with Crippen LogP contribution < -0.4 is 10.1 Å². The standard InChI is InChI=1S/C23H29FN2O3/c1-18-4-2-5-21(16-18)29-13-3-6-23(27)25-17-22(26-11-14-28-15-12-26)19-7-9-20(24)10-8-19/h2,4-5,7-10,16,22H,3,6,11-15,17H2,1H3,(H,25,27). The molecule has 1 fully saturated rings. The van der Waals surface area contributed by atoms with E-state index in [2.05, 4.69) is 10.2 Å². The van der Waals surface area contributed by atoms with Crippen molar-refractivity contribution in [3.63, 3.8) is 0 Å². The van der Waals surface area contributed by atoms with Gasteiger partial charge in [0.25, 0.3) is 0 Å². The molecule has 1 aliphatic heterocycles. The summed E-state index contributed by atoms with van der Waals surface area (Å²) in [5, 5.41) is 3.03. The molecular formula is C23H29FN2O3. The SMILES string of the molecule is Cc1cccc(OCCCC(=O)NCC(c2ccc(F)cc2)N2CCOCC2)c1. The maximum atomic E-state index is 13.3. The van der Waals surface area contributed by atoms with Gasteiger partial charge in [-0.1, -0.05) is 24.3 Å². The molecule has 1 amide bonds. The lowest BCUT2D eigenvalue weighted by molar-refractivity contribution is -0.121. The molecule has 6 heteroatoms. The van der Waals surface area contributed by atoms with E-state index in [1.54, 1.807) is 12.1 Å². The third-order valence-corrected chi connectivity index (χ3v) is 5.04. The highest BCUT2D eigenvalue weighted by atomic mass is 19.1. The Kier molecular flexibility index (Phi) is 8.02. The highest BCUT2D eigenvalue weighted by Gasteiger charge is 2.23. The fourth-order valence-electron chi connectivity index (χ4n) is 3.46. The topological polar surface area (TPSA) is 50.8 Å². The fraction of sp³-hybridized carbons (Fsp3) is 0.435. The molecule has 3 rings (SSSR count). The van der Waals surface area contributed by atoms with Gasteiger partial charge in [-0.15, -0.1) is 0 Å². The number of carbonyl (C=O) groups excluding carboxylic acids is 1. The maximum Gasteiger partial charge on any atom is 0.220 e. The number of morpholine rings is 1. The third-order valence-electron chi connectivity index (χ3n) is 5.04. The van der Waals surface area contributed by atoms with Gasteiger partial charge in [-0.25, -0.2) is 4.39 Å². The Balaban J connectivity index is 1.46. The van der Waals surface area contributed by atoms with Crippen molar-refractivity contribution in [2.45, 2.75) is 25.8 Å². The number of hydrogen-bond donors (Lipinski definition) is 1. The molecule has 1 aliphatic rings. The van der Waals surface area contributed by atoms with Crippen molar-refractivity contribution in [1.82, 2.24) is 10.2 Å². The average molecular weight is 400 g/mol. The highest BCUT2D eigenvalue weighted by Crippen LogP contribution is 2.22. The Morgan fingerprint density at radius 3 is 2.69 bits per heavy atom. The number of benzene rings is 2. The Hall–Kier alpha value is -2.44. The van der Waals surface area contributed by atoms with Crippen molar-refractivity contribution in [1.29, 1.82) is 0 Å². The van der Waals surface area contributed by atoms with Gasteiger partial charge in [0.2, 0.25) is 5.91 Å². The number of aryl methyl sites for hydroxylation is 1. The first-order chi connectivity index (χ1) is 14.1. The summed E-state index contributed by atoms with van der Waals surface area (Å²) in [5.41, 5.74) is 2.14. The van der Waals surface area contributed by atoms with Crippen molar-refractivity contribution < 1.29 is 18.7 Å². The molecule has 1 unspecified atom stereocenters. The second kappa shape index (κ2) is 10.9. The van der Waals surface area contributed by atoms with Gasteiger partial charge in [0, 0.05) is 26.1 Å². The van der Waals surface area contributed by atoms with Gasteiger partial charge in [0.05, 0.1) is 25.9 Å². The number of carbonyl (C=O) groups is 1.